The van der Waals surface area contributed by atoms with Crippen LogP contribution in [0.3, 0.4) is 0 Å². The number of pyridine rings is 1. The highest BCUT2D eigenvalue weighted by Gasteiger charge is 2.09. The Hall–Kier alpha value is -0.810. The van der Waals surface area contributed by atoms with Crippen molar-refractivity contribution in [3.8, 4) is 11.6 Å². The minimum absolute atomic E-state index is 0.120. The van der Waals surface area contributed by atoms with Gasteiger partial charge < -0.3 is 9.84 Å². The molecule has 0 aliphatic carbocycles. The molecule has 0 aliphatic rings. The Morgan fingerprint density at radius 2 is 2.00 bits per heavy atom. The average molecular weight is 349 g/mol. The zero-order valence-corrected chi connectivity index (χ0v) is 12.1. The molecule has 1 heterocycles. The summed E-state index contributed by atoms with van der Waals surface area (Å²) in [4.78, 5) is 4.03. The van der Waals surface area contributed by atoms with Gasteiger partial charge in [0.2, 0.25) is 5.88 Å². The Labute approximate surface area is 122 Å². The normalized spacial score (nSPS) is 10.4. The van der Waals surface area contributed by atoms with Crippen LogP contribution in [-0.4, -0.2) is 10.1 Å². The van der Waals surface area contributed by atoms with Crippen LogP contribution in [0.4, 0.5) is 0 Å². The molecule has 6 heteroatoms. The van der Waals surface area contributed by atoms with E-state index >= 15 is 0 Å². The van der Waals surface area contributed by atoms with Gasteiger partial charge in [0.15, 0.2) is 0 Å². The molecular weight excluding hydrogens is 341 g/mol. The lowest BCUT2D eigenvalue weighted by molar-refractivity contribution is 0.281. The number of aromatic nitrogens is 1. The summed E-state index contributed by atoms with van der Waals surface area (Å²) in [6.45, 7) is -0.120. The van der Waals surface area contributed by atoms with Gasteiger partial charge in [-0.3, -0.25) is 0 Å². The highest BCUT2D eigenvalue weighted by molar-refractivity contribution is 9.10. The molecule has 1 aromatic heterocycles. The maximum Gasteiger partial charge on any atom is 0.238 e. The van der Waals surface area contributed by atoms with Gasteiger partial charge in [0, 0.05) is 10.7 Å². The van der Waals surface area contributed by atoms with Gasteiger partial charge in [-0.2, -0.15) is 0 Å². The van der Waals surface area contributed by atoms with Crippen LogP contribution in [0.15, 0.2) is 34.9 Å². The fourth-order valence-electron chi connectivity index (χ4n) is 1.29. The number of aliphatic hydroxyl groups is 1. The van der Waals surface area contributed by atoms with E-state index in [0.29, 0.717) is 21.4 Å². The molecule has 0 radical (unpaired) electrons. The van der Waals surface area contributed by atoms with Crippen molar-refractivity contribution in [1.82, 2.24) is 4.98 Å². The summed E-state index contributed by atoms with van der Waals surface area (Å²) in [6.07, 6.45) is 1.49. The topological polar surface area (TPSA) is 42.4 Å². The zero-order chi connectivity index (χ0) is 13.1. The van der Waals surface area contributed by atoms with Gasteiger partial charge in [-0.1, -0.05) is 39.1 Å². The first kappa shape index (κ1) is 13.6. The molecule has 94 valence electrons. The van der Waals surface area contributed by atoms with E-state index in [4.69, 9.17) is 33.0 Å². The third-order valence-corrected chi connectivity index (χ3v) is 3.22. The number of halogens is 3. The largest absolute Gasteiger partial charge is 0.436 e. The number of benzene rings is 1. The third kappa shape index (κ3) is 3.14. The lowest BCUT2D eigenvalue weighted by Crippen LogP contribution is -1.92. The molecule has 3 nitrogen and oxygen atoms in total. The van der Waals surface area contributed by atoms with Crippen molar-refractivity contribution in [3.63, 3.8) is 0 Å². The van der Waals surface area contributed by atoms with Gasteiger partial charge >= 0.3 is 0 Å². The number of hydrogen-bond acceptors (Lipinski definition) is 3. The van der Waals surface area contributed by atoms with Crippen molar-refractivity contribution in [2.24, 2.45) is 0 Å². The Bertz CT molecular complexity index is 578. The molecule has 0 atom stereocenters. The van der Waals surface area contributed by atoms with Crippen LogP contribution in [0.1, 0.15) is 5.56 Å². The van der Waals surface area contributed by atoms with Crippen LogP contribution < -0.4 is 4.74 Å². The summed E-state index contributed by atoms with van der Waals surface area (Å²) < 4.78 is 6.37. The molecule has 0 amide bonds. The maximum atomic E-state index is 8.96. The Morgan fingerprint density at radius 3 is 2.67 bits per heavy atom. The molecule has 0 bridgehead atoms. The SMILES string of the molecule is OCc1cnc(Oc2cc(Br)ccc2Cl)c(Cl)c1. The van der Waals surface area contributed by atoms with Gasteiger partial charge in [0.05, 0.1) is 11.6 Å². The van der Waals surface area contributed by atoms with Crippen LogP contribution in [0.5, 0.6) is 11.6 Å². The Balaban J connectivity index is 2.31. The highest BCUT2D eigenvalue weighted by atomic mass is 79.9. The number of hydrogen-bond donors (Lipinski definition) is 1. The van der Waals surface area contributed by atoms with E-state index in [1.807, 2.05) is 0 Å². The first-order valence-corrected chi connectivity index (χ1v) is 6.53. The summed E-state index contributed by atoms with van der Waals surface area (Å²) >= 11 is 15.3. The quantitative estimate of drug-likeness (QED) is 0.891. The first-order valence-electron chi connectivity index (χ1n) is 4.98. The molecular formula is C12H8BrCl2NO2. The van der Waals surface area contributed by atoms with E-state index in [0.717, 1.165) is 4.47 Å². The fourth-order valence-corrected chi connectivity index (χ4v) is 2.01. The van der Waals surface area contributed by atoms with Crippen molar-refractivity contribution in [3.05, 3.63) is 50.5 Å². The predicted molar refractivity (Wildman–Crippen MR) is 74.4 cm³/mol. The standard InChI is InChI=1S/C12H8BrCl2NO2/c13-8-1-2-9(14)11(4-8)18-12-10(15)3-7(6-17)5-16-12/h1-5,17H,6H2. The predicted octanol–water partition coefficient (Wildman–Crippen LogP) is 4.44. The van der Waals surface area contributed by atoms with Gasteiger partial charge in [-0.15, -0.1) is 0 Å². The molecule has 0 saturated heterocycles. The number of ether oxygens (including phenoxy) is 1. The van der Waals surface area contributed by atoms with Crippen LogP contribution >= 0.6 is 39.1 Å². The zero-order valence-electron chi connectivity index (χ0n) is 9.03. The van der Waals surface area contributed by atoms with Crippen molar-refractivity contribution < 1.29 is 9.84 Å². The lowest BCUT2D eigenvalue weighted by atomic mass is 10.3. The summed E-state index contributed by atoms with van der Waals surface area (Å²) in [5.74, 6) is 0.700. The van der Waals surface area contributed by atoms with Crippen molar-refractivity contribution >= 4 is 39.1 Å². The van der Waals surface area contributed by atoms with E-state index in [1.165, 1.54) is 6.20 Å². The van der Waals surface area contributed by atoms with E-state index in [-0.39, 0.29) is 12.5 Å². The molecule has 0 fully saturated rings. The summed E-state index contributed by atoms with van der Waals surface area (Å²) in [7, 11) is 0. The molecule has 0 spiro atoms. The molecule has 0 aliphatic heterocycles. The van der Waals surface area contributed by atoms with Crippen molar-refractivity contribution in [1.29, 1.82) is 0 Å². The summed E-state index contributed by atoms with van der Waals surface area (Å²) in [6, 6.07) is 6.83. The first-order chi connectivity index (χ1) is 8.60. The van der Waals surface area contributed by atoms with Crippen LogP contribution in [0.25, 0.3) is 0 Å². The molecule has 0 saturated carbocycles. The van der Waals surface area contributed by atoms with E-state index in [1.54, 1.807) is 24.3 Å². The minimum atomic E-state index is -0.120. The maximum absolute atomic E-state index is 8.96. The molecule has 2 rings (SSSR count). The van der Waals surface area contributed by atoms with Crippen LogP contribution in [0.2, 0.25) is 10.0 Å². The van der Waals surface area contributed by atoms with Gasteiger partial charge in [0.1, 0.15) is 10.8 Å². The minimum Gasteiger partial charge on any atom is -0.436 e. The van der Waals surface area contributed by atoms with Crippen molar-refractivity contribution in [2.45, 2.75) is 6.61 Å². The van der Waals surface area contributed by atoms with Gasteiger partial charge in [-0.05, 0) is 29.8 Å². The second-order valence-corrected chi connectivity index (χ2v) is 5.20. The van der Waals surface area contributed by atoms with Crippen LogP contribution in [0, 0.1) is 0 Å². The smallest absolute Gasteiger partial charge is 0.238 e. The number of rotatable bonds is 3. The van der Waals surface area contributed by atoms with Crippen LogP contribution in [-0.2, 0) is 6.61 Å². The van der Waals surface area contributed by atoms with Crippen molar-refractivity contribution in [2.75, 3.05) is 0 Å². The fraction of sp³-hybridized carbons (Fsp3) is 0.0833. The second kappa shape index (κ2) is 5.89. The van der Waals surface area contributed by atoms with Gasteiger partial charge in [-0.25, -0.2) is 4.98 Å². The molecule has 1 aromatic carbocycles. The molecule has 0 unspecified atom stereocenters. The van der Waals surface area contributed by atoms with E-state index in [9.17, 15) is 0 Å². The molecule has 18 heavy (non-hydrogen) atoms. The number of aliphatic hydroxyl groups excluding tert-OH is 1. The lowest BCUT2D eigenvalue weighted by Gasteiger charge is -2.09. The second-order valence-electron chi connectivity index (χ2n) is 3.47. The molecule has 1 N–H and O–H groups in total. The van der Waals surface area contributed by atoms with E-state index in [2.05, 4.69) is 20.9 Å². The molecule has 2 aromatic rings. The highest BCUT2D eigenvalue weighted by Crippen LogP contribution is 2.34. The Morgan fingerprint density at radius 1 is 1.22 bits per heavy atom. The summed E-state index contributed by atoms with van der Waals surface area (Å²) in [5, 5.41) is 9.73. The monoisotopic (exact) mass is 347 g/mol. The van der Waals surface area contributed by atoms with Gasteiger partial charge in [0.25, 0.3) is 0 Å². The average Bonchev–Trinajstić information content (AvgIpc) is 2.36. The Kier molecular flexibility index (Phi) is 4.45. The third-order valence-electron chi connectivity index (χ3n) is 2.15. The summed E-state index contributed by atoms with van der Waals surface area (Å²) in [5.41, 5.74) is 0.618. The van der Waals surface area contributed by atoms with E-state index < -0.39 is 0 Å². The number of nitrogens with zero attached hydrogens (tertiary/aromatic N) is 1.